The molecule has 0 saturated carbocycles. The summed E-state index contributed by atoms with van der Waals surface area (Å²) in [5.41, 5.74) is 1.96. The SMILES string of the molecule is Cc1cccc(NC(=O)CN2CCN(C(C)C(=O)NC(C)C)CC2)c1. The fourth-order valence-electron chi connectivity index (χ4n) is 3.01. The molecule has 1 saturated heterocycles. The van der Waals surface area contributed by atoms with E-state index in [0.29, 0.717) is 6.54 Å². The number of carbonyl (C=O) groups excluding carboxylic acids is 2. The summed E-state index contributed by atoms with van der Waals surface area (Å²) in [6, 6.07) is 7.83. The highest BCUT2D eigenvalue weighted by atomic mass is 16.2. The molecule has 25 heavy (non-hydrogen) atoms. The number of rotatable bonds is 6. The van der Waals surface area contributed by atoms with Crippen LogP contribution in [-0.4, -0.2) is 66.4 Å². The van der Waals surface area contributed by atoms with Gasteiger partial charge in [-0.2, -0.15) is 0 Å². The van der Waals surface area contributed by atoms with E-state index < -0.39 is 0 Å². The summed E-state index contributed by atoms with van der Waals surface area (Å²) >= 11 is 0. The number of aryl methyl sites for hydroxylation is 1. The van der Waals surface area contributed by atoms with E-state index in [9.17, 15) is 9.59 Å². The fourth-order valence-corrected chi connectivity index (χ4v) is 3.01. The Hall–Kier alpha value is -1.92. The number of carbonyl (C=O) groups is 2. The van der Waals surface area contributed by atoms with Gasteiger partial charge in [0.05, 0.1) is 12.6 Å². The van der Waals surface area contributed by atoms with Crippen LogP contribution in [0, 0.1) is 6.92 Å². The van der Waals surface area contributed by atoms with E-state index in [1.807, 2.05) is 52.0 Å². The van der Waals surface area contributed by atoms with Crippen LogP contribution in [0.5, 0.6) is 0 Å². The molecule has 1 fully saturated rings. The Bertz CT molecular complexity index is 595. The maximum atomic E-state index is 12.2. The van der Waals surface area contributed by atoms with Crippen LogP contribution in [-0.2, 0) is 9.59 Å². The summed E-state index contributed by atoms with van der Waals surface area (Å²) in [7, 11) is 0. The largest absolute Gasteiger partial charge is 0.353 e. The minimum Gasteiger partial charge on any atom is -0.353 e. The quantitative estimate of drug-likeness (QED) is 0.819. The van der Waals surface area contributed by atoms with Gasteiger partial charge >= 0.3 is 0 Å². The molecule has 1 aromatic carbocycles. The molecule has 1 aliphatic heterocycles. The molecule has 1 atom stereocenters. The predicted molar refractivity (Wildman–Crippen MR) is 101 cm³/mol. The molecule has 1 unspecified atom stereocenters. The zero-order valence-electron chi connectivity index (χ0n) is 15.7. The third-order valence-electron chi connectivity index (χ3n) is 4.43. The summed E-state index contributed by atoms with van der Waals surface area (Å²) in [5.74, 6) is 0.0743. The van der Waals surface area contributed by atoms with Crippen LogP contribution in [0.2, 0.25) is 0 Å². The first kappa shape index (κ1) is 19.4. The number of hydrogen-bond donors (Lipinski definition) is 2. The number of nitrogens with zero attached hydrogens (tertiary/aromatic N) is 2. The van der Waals surface area contributed by atoms with E-state index in [4.69, 9.17) is 0 Å². The van der Waals surface area contributed by atoms with Gasteiger partial charge in [0.1, 0.15) is 0 Å². The zero-order valence-corrected chi connectivity index (χ0v) is 15.7. The van der Waals surface area contributed by atoms with E-state index in [1.54, 1.807) is 0 Å². The molecule has 0 aromatic heterocycles. The van der Waals surface area contributed by atoms with Crippen LogP contribution in [0.3, 0.4) is 0 Å². The molecule has 6 nitrogen and oxygen atoms in total. The number of benzene rings is 1. The molecule has 138 valence electrons. The van der Waals surface area contributed by atoms with E-state index >= 15 is 0 Å². The second kappa shape index (κ2) is 8.97. The molecule has 2 rings (SSSR count). The highest BCUT2D eigenvalue weighted by Crippen LogP contribution is 2.10. The third-order valence-corrected chi connectivity index (χ3v) is 4.43. The van der Waals surface area contributed by atoms with Gasteiger partial charge in [-0.15, -0.1) is 0 Å². The van der Waals surface area contributed by atoms with Gasteiger partial charge in [-0.3, -0.25) is 19.4 Å². The van der Waals surface area contributed by atoms with Crippen molar-refractivity contribution < 1.29 is 9.59 Å². The average Bonchev–Trinajstić information content (AvgIpc) is 2.54. The first-order chi connectivity index (χ1) is 11.8. The number of piperazine rings is 1. The van der Waals surface area contributed by atoms with Gasteiger partial charge in [0, 0.05) is 37.9 Å². The summed E-state index contributed by atoms with van der Waals surface area (Å²) in [6.45, 7) is 11.4. The molecule has 1 aliphatic rings. The second-order valence-electron chi connectivity index (χ2n) is 7.07. The van der Waals surface area contributed by atoms with Crippen LogP contribution in [0.25, 0.3) is 0 Å². The van der Waals surface area contributed by atoms with Gasteiger partial charge in [0.15, 0.2) is 0 Å². The van der Waals surface area contributed by atoms with Crippen molar-refractivity contribution in [2.75, 3.05) is 38.0 Å². The van der Waals surface area contributed by atoms with Gasteiger partial charge in [-0.05, 0) is 45.4 Å². The molecule has 0 bridgehead atoms. The standard InChI is InChI=1S/C19H30N4O2/c1-14(2)20-19(25)16(4)23-10-8-22(9-11-23)13-18(24)21-17-7-5-6-15(3)12-17/h5-7,12,14,16H,8-11,13H2,1-4H3,(H,20,25)(H,21,24). The Morgan fingerprint density at radius 2 is 1.80 bits per heavy atom. The summed E-state index contributed by atoms with van der Waals surface area (Å²) < 4.78 is 0. The van der Waals surface area contributed by atoms with Gasteiger partial charge in [-0.1, -0.05) is 12.1 Å². The van der Waals surface area contributed by atoms with Gasteiger partial charge in [0.2, 0.25) is 11.8 Å². The maximum absolute atomic E-state index is 12.2. The molecule has 1 aromatic rings. The lowest BCUT2D eigenvalue weighted by Crippen LogP contribution is -2.55. The molecule has 0 radical (unpaired) electrons. The van der Waals surface area contributed by atoms with E-state index in [-0.39, 0.29) is 23.9 Å². The highest BCUT2D eigenvalue weighted by molar-refractivity contribution is 5.92. The van der Waals surface area contributed by atoms with Gasteiger partial charge < -0.3 is 10.6 Å². The number of hydrogen-bond acceptors (Lipinski definition) is 4. The molecule has 0 spiro atoms. The zero-order chi connectivity index (χ0) is 18.4. The van der Waals surface area contributed by atoms with Crippen molar-refractivity contribution in [3.63, 3.8) is 0 Å². The minimum atomic E-state index is -0.134. The van der Waals surface area contributed by atoms with Crippen LogP contribution >= 0.6 is 0 Å². The van der Waals surface area contributed by atoms with Crippen LogP contribution in [0.15, 0.2) is 24.3 Å². The van der Waals surface area contributed by atoms with Gasteiger partial charge in [-0.25, -0.2) is 0 Å². The normalized spacial score (nSPS) is 17.3. The molecular formula is C19H30N4O2. The molecule has 2 N–H and O–H groups in total. The Morgan fingerprint density at radius 3 is 2.40 bits per heavy atom. The Labute approximate surface area is 150 Å². The first-order valence-corrected chi connectivity index (χ1v) is 8.98. The van der Waals surface area contributed by atoms with Crippen molar-refractivity contribution in [1.82, 2.24) is 15.1 Å². The molecule has 6 heteroatoms. The van der Waals surface area contributed by atoms with Crippen molar-refractivity contribution >= 4 is 17.5 Å². The minimum absolute atomic E-state index is 0.00430. The van der Waals surface area contributed by atoms with Crippen molar-refractivity contribution in [1.29, 1.82) is 0 Å². The van der Waals surface area contributed by atoms with E-state index in [0.717, 1.165) is 37.4 Å². The monoisotopic (exact) mass is 346 g/mol. The lowest BCUT2D eigenvalue weighted by molar-refractivity contribution is -0.127. The molecule has 2 amide bonds. The smallest absolute Gasteiger partial charge is 0.238 e. The molecule has 0 aliphatic carbocycles. The molecule has 1 heterocycles. The van der Waals surface area contributed by atoms with Gasteiger partial charge in [0.25, 0.3) is 0 Å². The summed E-state index contributed by atoms with van der Waals surface area (Å²) in [4.78, 5) is 28.6. The summed E-state index contributed by atoms with van der Waals surface area (Å²) in [5, 5.41) is 5.90. The topological polar surface area (TPSA) is 64.7 Å². The van der Waals surface area contributed by atoms with Crippen molar-refractivity contribution in [2.45, 2.75) is 39.8 Å². The highest BCUT2D eigenvalue weighted by Gasteiger charge is 2.26. The van der Waals surface area contributed by atoms with Crippen molar-refractivity contribution in [2.24, 2.45) is 0 Å². The summed E-state index contributed by atoms with van der Waals surface area (Å²) in [6.07, 6.45) is 0. The first-order valence-electron chi connectivity index (χ1n) is 8.98. The Morgan fingerprint density at radius 1 is 1.12 bits per heavy atom. The predicted octanol–water partition coefficient (Wildman–Crippen LogP) is 1.46. The number of anilines is 1. The second-order valence-corrected chi connectivity index (χ2v) is 7.07. The maximum Gasteiger partial charge on any atom is 0.238 e. The molecular weight excluding hydrogens is 316 g/mol. The lowest BCUT2D eigenvalue weighted by Gasteiger charge is -2.37. The van der Waals surface area contributed by atoms with Crippen LogP contribution < -0.4 is 10.6 Å². The van der Waals surface area contributed by atoms with Crippen LogP contribution in [0.4, 0.5) is 5.69 Å². The third kappa shape index (κ3) is 6.14. The average molecular weight is 346 g/mol. The number of amides is 2. The Balaban J connectivity index is 1.76. The van der Waals surface area contributed by atoms with E-state index in [2.05, 4.69) is 20.4 Å². The van der Waals surface area contributed by atoms with Crippen LogP contribution in [0.1, 0.15) is 26.3 Å². The lowest BCUT2D eigenvalue weighted by atomic mass is 10.2. The Kier molecular flexibility index (Phi) is 6.96. The van der Waals surface area contributed by atoms with Crippen molar-refractivity contribution in [3.05, 3.63) is 29.8 Å². The number of nitrogens with one attached hydrogen (secondary N) is 2. The van der Waals surface area contributed by atoms with E-state index in [1.165, 1.54) is 0 Å². The fraction of sp³-hybridized carbons (Fsp3) is 0.579. The van der Waals surface area contributed by atoms with Crippen molar-refractivity contribution in [3.8, 4) is 0 Å².